The van der Waals surface area contributed by atoms with Crippen molar-refractivity contribution in [3.63, 3.8) is 0 Å². The number of rotatable bonds is 5. The standard InChI is InChI=1S/C25H23N5O/c1-2-15-29-24(27-22-13-7-6-12-20(22)25(29)31)21-17-30(19-10-4-3-5-11-19)28-23(21)18-9-8-14-26-16-18/h3-14,16-17,24,27H,2,15H2,1H3/t24-/m1/s1. The second-order valence-electron chi connectivity index (χ2n) is 7.55. The summed E-state index contributed by atoms with van der Waals surface area (Å²) in [5.41, 5.74) is 5.16. The molecule has 4 aromatic rings. The van der Waals surface area contributed by atoms with Gasteiger partial charge in [0, 0.05) is 41.9 Å². The summed E-state index contributed by atoms with van der Waals surface area (Å²) in [4.78, 5) is 19.5. The predicted molar refractivity (Wildman–Crippen MR) is 121 cm³/mol. The highest BCUT2D eigenvalue weighted by molar-refractivity contribution is 6.01. The van der Waals surface area contributed by atoms with Crippen LogP contribution in [0, 0.1) is 0 Å². The zero-order chi connectivity index (χ0) is 21.2. The molecule has 0 saturated carbocycles. The van der Waals surface area contributed by atoms with E-state index in [9.17, 15) is 4.79 Å². The topological polar surface area (TPSA) is 63.1 Å². The van der Waals surface area contributed by atoms with Gasteiger partial charge in [-0.25, -0.2) is 4.68 Å². The van der Waals surface area contributed by atoms with Crippen LogP contribution in [0.1, 0.15) is 35.4 Å². The lowest BCUT2D eigenvalue weighted by Crippen LogP contribution is -2.43. The van der Waals surface area contributed by atoms with Crippen LogP contribution in [0.2, 0.25) is 0 Å². The van der Waals surface area contributed by atoms with Crippen LogP contribution in [0.5, 0.6) is 0 Å². The minimum absolute atomic E-state index is 0.0331. The SMILES string of the molecule is CCCN1C(=O)c2ccccc2N[C@H]1c1cn(-c2ccccc2)nc1-c1cccnc1. The Kier molecular flexibility index (Phi) is 4.96. The van der Waals surface area contributed by atoms with Crippen molar-refractivity contribution in [1.82, 2.24) is 19.7 Å². The Hall–Kier alpha value is -3.93. The van der Waals surface area contributed by atoms with E-state index in [2.05, 4.69) is 17.2 Å². The molecule has 1 aliphatic rings. The van der Waals surface area contributed by atoms with Crippen LogP contribution in [0.3, 0.4) is 0 Å². The summed E-state index contributed by atoms with van der Waals surface area (Å²) in [5, 5.41) is 8.49. The molecule has 0 unspecified atom stereocenters. The van der Waals surface area contributed by atoms with Crippen LogP contribution in [0.15, 0.2) is 85.3 Å². The molecule has 6 nitrogen and oxygen atoms in total. The molecule has 154 valence electrons. The van der Waals surface area contributed by atoms with Gasteiger partial charge in [0.1, 0.15) is 11.9 Å². The summed E-state index contributed by atoms with van der Waals surface area (Å²) in [6, 6.07) is 21.6. The van der Waals surface area contributed by atoms with E-state index in [0.29, 0.717) is 12.1 Å². The van der Waals surface area contributed by atoms with E-state index in [-0.39, 0.29) is 12.1 Å². The Labute approximate surface area is 181 Å². The Morgan fingerprint density at radius 1 is 1.00 bits per heavy atom. The molecule has 0 radical (unpaired) electrons. The minimum atomic E-state index is -0.324. The number of hydrogen-bond donors (Lipinski definition) is 1. The van der Waals surface area contributed by atoms with Crippen molar-refractivity contribution in [2.45, 2.75) is 19.5 Å². The zero-order valence-electron chi connectivity index (χ0n) is 17.3. The van der Waals surface area contributed by atoms with Crippen molar-refractivity contribution in [2.75, 3.05) is 11.9 Å². The van der Waals surface area contributed by atoms with E-state index in [4.69, 9.17) is 5.10 Å². The number of aromatic nitrogens is 3. The molecule has 2 aromatic heterocycles. The summed E-state index contributed by atoms with van der Waals surface area (Å²) in [5.74, 6) is 0.0331. The van der Waals surface area contributed by atoms with E-state index in [1.54, 1.807) is 6.20 Å². The monoisotopic (exact) mass is 409 g/mol. The van der Waals surface area contributed by atoms with Gasteiger partial charge in [0.05, 0.1) is 11.3 Å². The van der Waals surface area contributed by atoms with Crippen LogP contribution < -0.4 is 5.32 Å². The van der Waals surface area contributed by atoms with Gasteiger partial charge < -0.3 is 10.2 Å². The molecular formula is C25H23N5O. The Morgan fingerprint density at radius 3 is 2.58 bits per heavy atom. The molecule has 3 heterocycles. The van der Waals surface area contributed by atoms with Crippen LogP contribution in [0.25, 0.3) is 16.9 Å². The minimum Gasteiger partial charge on any atom is -0.361 e. The maximum absolute atomic E-state index is 13.4. The van der Waals surface area contributed by atoms with Crippen molar-refractivity contribution in [1.29, 1.82) is 0 Å². The van der Waals surface area contributed by atoms with Gasteiger partial charge in [0.25, 0.3) is 5.91 Å². The zero-order valence-corrected chi connectivity index (χ0v) is 17.3. The van der Waals surface area contributed by atoms with E-state index in [1.807, 2.05) is 88.7 Å². The number of amides is 1. The fourth-order valence-corrected chi connectivity index (χ4v) is 4.04. The summed E-state index contributed by atoms with van der Waals surface area (Å²) >= 11 is 0. The van der Waals surface area contributed by atoms with Gasteiger partial charge in [-0.2, -0.15) is 5.10 Å². The van der Waals surface area contributed by atoms with Crippen molar-refractivity contribution in [3.8, 4) is 16.9 Å². The quantitative estimate of drug-likeness (QED) is 0.509. The van der Waals surface area contributed by atoms with E-state index >= 15 is 0 Å². The maximum Gasteiger partial charge on any atom is 0.257 e. The van der Waals surface area contributed by atoms with Gasteiger partial charge in [0.2, 0.25) is 0 Å². The first-order chi connectivity index (χ1) is 15.3. The van der Waals surface area contributed by atoms with Crippen LogP contribution >= 0.6 is 0 Å². The number of hydrogen-bond acceptors (Lipinski definition) is 4. The molecule has 0 bridgehead atoms. The molecule has 31 heavy (non-hydrogen) atoms. The highest BCUT2D eigenvalue weighted by Gasteiger charge is 2.35. The highest BCUT2D eigenvalue weighted by Crippen LogP contribution is 2.37. The summed E-state index contributed by atoms with van der Waals surface area (Å²) < 4.78 is 1.87. The third-order valence-corrected chi connectivity index (χ3v) is 5.48. The molecule has 0 fully saturated rings. The average molecular weight is 409 g/mol. The average Bonchev–Trinajstić information content (AvgIpc) is 3.27. The summed E-state index contributed by atoms with van der Waals surface area (Å²) in [6.07, 6.45) is 6.11. The normalized spacial score (nSPS) is 15.5. The van der Waals surface area contributed by atoms with E-state index in [0.717, 1.165) is 34.6 Å². The fourth-order valence-electron chi connectivity index (χ4n) is 4.04. The van der Waals surface area contributed by atoms with Gasteiger partial charge in [0.15, 0.2) is 0 Å². The second kappa shape index (κ2) is 8.07. The van der Waals surface area contributed by atoms with Gasteiger partial charge >= 0.3 is 0 Å². The smallest absolute Gasteiger partial charge is 0.257 e. The second-order valence-corrected chi connectivity index (χ2v) is 7.55. The lowest BCUT2D eigenvalue weighted by atomic mass is 10.0. The molecule has 1 aliphatic heterocycles. The van der Waals surface area contributed by atoms with Gasteiger partial charge in [-0.05, 0) is 42.8 Å². The maximum atomic E-state index is 13.4. The van der Waals surface area contributed by atoms with E-state index < -0.39 is 0 Å². The number of anilines is 1. The number of carbonyl (C=O) groups is 1. The van der Waals surface area contributed by atoms with Crippen LogP contribution in [0.4, 0.5) is 5.69 Å². The first-order valence-corrected chi connectivity index (χ1v) is 10.5. The number of carbonyl (C=O) groups excluding carboxylic acids is 1. The van der Waals surface area contributed by atoms with Gasteiger partial charge in [-0.3, -0.25) is 9.78 Å². The molecule has 1 amide bonds. The Balaban J connectivity index is 1.67. The summed E-state index contributed by atoms with van der Waals surface area (Å²) in [6.45, 7) is 2.73. The number of benzene rings is 2. The number of nitrogens with one attached hydrogen (secondary N) is 1. The predicted octanol–water partition coefficient (Wildman–Crippen LogP) is 4.91. The summed E-state index contributed by atoms with van der Waals surface area (Å²) in [7, 11) is 0. The molecule has 5 rings (SSSR count). The van der Waals surface area contributed by atoms with Crippen LogP contribution in [-0.4, -0.2) is 32.1 Å². The van der Waals surface area contributed by atoms with E-state index in [1.165, 1.54) is 0 Å². The molecular weight excluding hydrogens is 386 g/mol. The largest absolute Gasteiger partial charge is 0.361 e. The third-order valence-electron chi connectivity index (χ3n) is 5.48. The first-order valence-electron chi connectivity index (χ1n) is 10.5. The fraction of sp³-hybridized carbons (Fsp3) is 0.160. The van der Waals surface area contributed by atoms with Crippen LogP contribution in [-0.2, 0) is 0 Å². The van der Waals surface area contributed by atoms with Gasteiger partial charge in [-0.1, -0.05) is 37.3 Å². The lowest BCUT2D eigenvalue weighted by molar-refractivity contribution is 0.0683. The highest BCUT2D eigenvalue weighted by atomic mass is 16.2. The van der Waals surface area contributed by atoms with Crippen molar-refractivity contribution in [3.05, 3.63) is 96.4 Å². The number of para-hydroxylation sites is 2. The molecule has 0 spiro atoms. The molecule has 0 aliphatic carbocycles. The number of pyridine rings is 1. The van der Waals surface area contributed by atoms with Gasteiger partial charge in [-0.15, -0.1) is 0 Å². The van der Waals surface area contributed by atoms with Crippen molar-refractivity contribution in [2.24, 2.45) is 0 Å². The number of fused-ring (bicyclic) bond motifs is 1. The molecule has 2 aromatic carbocycles. The molecule has 1 N–H and O–H groups in total. The Morgan fingerprint density at radius 2 is 1.81 bits per heavy atom. The number of nitrogens with zero attached hydrogens (tertiary/aromatic N) is 4. The lowest BCUT2D eigenvalue weighted by Gasteiger charge is -2.37. The molecule has 1 atom stereocenters. The van der Waals surface area contributed by atoms with Crippen molar-refractivity contribution >= 4 is 11.6 Å². The Bertz CT molecular complexity index is 1200. The van der Waals surface area contributed by atoms with Crippen molar-refractivity contribution < 1.29 is 4.79 Å². The molecule has 6 heteroatoms. The third kappa shape index (κ3) is 3.46. The molecule has 0 saturated heterocycles. The first kappa shape index (κ1) is 19.1.